The lowest BCUT2D eigenvalue weighted by Crippen LogP contribution is -2.58. The van der Waals surface area contributed by atoms with Gasteiger partial charge in [0.25, 0.3) is 0 Å². The van der Waals surface area contributed by atoms with Crippen LogP contribution in [-0.2, 0) is 35.1 Å². The molecule has 14 atom stereocenters. The molecule has 6 unspecified atom stereocenters. The van der Waals surface area contributed by atoms with Crippen LogP contribution in [0.15, 0.2) is 24.3 Å². The summed E-state index contributed by atoms with van der Waals surface area (Å²) in [6.07, 6.45) is -4.68. The standard InChI is InChI=1S/C35H54ClNO9/c1-10-26(38)35(8,42)31-22(6)29-18(2)16-34(7,46-29)30(20(4)27(39)21(5)32(41)44-31)45-33-28(40)25(15-19(3)43-33)37(9)17-23-11-13-24(36)14-12-23/h11-14,18-22,25-26,28-31,33,38,40,42H,10,15-17H2,1-9H3/t18?,19?,20-,21+,22-,25?,26+,28?,29?,30-,31+,33-,34?,35+/m0/s1. The number of likely N-dealkylation sites (N-methyl/N-ethyl adjacent to an activating group) is 1. The highest BCUT2D eigenvalue weighted by atomic mass is 35.5. The molecule has 260 valence electrons. The van der Waals surface area contributed by atoms with Crippen LogP contribution >= 0.6 is 11.6 Å². The number of esters is 1. The van der Waals surface area contributed by atoms with E-state index in [4.69, 9.17) is 30.5 Å². The number of Topliss-reactive ketones (excluding diaryl/α,β-unsaturated/α-hetero) is 1. The SMILES string of the molecule is CC[C@@H](O)[C@@](C)(O)[C@@H]1OC(=O)[C@H](C)C(=O)[C@H](C)[C@H](O[C@@H]2OC(C)CC(N(C)Cc3ccc(Cl)cc3)C2O)C2(C)CC(C)C(O2)[C@@H]1C. The minimum atomic E-state index is -1.78. The lowest BCUT2D eigenvalue weighted by atomic mass is 9.76. The smallest absolute Gasteiger partial charge is 0.316 e. The Labute approximate surface area is 278 Å². The van der Waals surface area contributed by atoms with E-state index < -0.39 is 77.5 Å². The van der Waals surface area contributed by atoms with E-state index >= 15 is 0 Å². The van der Waals surface area contributed by atoms with Crippen LogP contribution in [0.2, 0.25) is 5.02 Å². The van der Waals surface area contributed by atoms with Gasteiger partial charge in [0.2, 0.25) is 0 Å². The number of aliphatic hydroxyl groups is 3. The first-order valence-electron chi connectivity index (χ1n) is 16.7. The van der Waals surface area contributed by atoms with Gasteiger partial charge in [-0.15, -0.1) is 0 Å². The molecule has 1 aromatic rings. The normalized spacial score (nSPS) is 41.0. The average Bonchev–Trinajstić information content (AvgIpc) is 3.32. The molecule has 2 bridgehead atoms. The number of benzene rings is 1. The maximum absolute atomic E-state index is 13.9. The average molecular weight is 668 g/mol. The molecule has 0 amide bonds. The first-order valence-corrected chi connectivity index (χ1v) is 17.0. The van der Waals surface area contributed by atoms with Crippen LogP contribution in [0.1, 0.15) is 80.2 Å². The summed E-state index contributed by atoms with van der Waals surface area (Å²) in [5, 5.41) is 34.5. The molecule has 3 aliphatic heterocycles. The molecule has 10 nitrogen and oxygen atoms in total. The molecule has 11 heteroatoms. The summed E-state index contributed by atoms with van der Waals surface area (Å²) in [7, 11) is 1.94. The number of cyclic esters (lactones) is 1. The van der Waals surface area contributed by atoms with Gasteiger partial charge < -0.3 is 34.3 Å². The Kier molecular flexibility index (Phi) is 11.7. The van der Waals surface area contributed by atoms with Crippen molar-refractivity contribution in [3.05, 3.63) is 34.9 Å². The van der Waals surface area contributed by atoms with Crippen molar-refractivity contribution in [1.82, 2.24) is 4.90 Å². The van der Waals surface area contributed by atoms with Crippen molar-refractivity contribution < 1.29 is 43.9 Å². The summed E-state index contributed by atoms with van der Waals surface area (Å²) in [5.41, 5.74) is -1.74. The number of nitrogens with zero attached hydrogens (tertiary/aromatic N) is 1. The summed E-state index contributed by atoms with van der Waals surface area (Å²) < 4.78 is 25.5. The zero-order valence-corrected chi connectivity index (χ0v) is 29.4. The maximum Gasteiger partial charge on any atom is 0.316 e. The van der Waals surface area contributed by atoms with Gasteiger partial charge >= 0.3 is 5.97 Å². The number of fused-ring (bicyclic) bond motifs is 2. The Morgan fingerprint density at radius 3 is 2.39 bits per heavy atom. The Morgan fingerprint density at radius 2 is 1.78 bits per heavy atom. The second-order valence-electron chi connectivity index (χ2n) is 14.6. The van der Waals surface area contributed by atoms with Crippen LogP contribution in [-0.4, -0.2) is 99.2 Å². The maximum atomic E-state index is 13.9. The van der Waals surface area contributed by atoms with Gasteiger partial charge in [-0.25, -0.2) is 0 Å². The van der Waals surface area contributed by atoms with Crippen LogP contribution < -0.4 is 0 Å². The molecular formula is C35H54ClNO9. The predicted octanol–water partition coefficient (Wildman–Crippen LogP) is 4.13. The molecule has 3 N–H and O–H groups in total. The van der Waals surface area contributed by atoms with Crippen molar-refractivity contribution in [1.29, 1.82) is 0 Å². The van der Waals surface area contributed by atoms with E-state index in [2.05, 4.69) is 4.90 Å². The second-order valence-corrected chi connectivity index (χ2v) is 15.0. The Hall–Kier alpha value is -1.63. The van der Waals surface area contributed by atoms with E-state index in [0.29, 0.717) is 24.4 Å². The fourth-order valence-electron chi connectivity index (χ4n) is 7.97. The van der Waals surface area contributed by atoms with Gasteiger partial charge in [0, 0.05) is 29.4 Å². The topological polar surface area (TPSA) is 135 Å². The van der Waals surface area contributed by atoms with E-state index in [1.807, 2.05) is 59.0 Å². The Morgan fingerprint density at radius 1 is 1.15 bits per heavy atom. The van der Waals surface area contributed by atoms with Gasteiger partial charge in [-0.05, 0) is 77.6 Å². The van der Waals surface area contributed by atoms with E-state index in [-0.39, 0.29) is 24.5 Å². The zero-order chi connectivity index (χ0) is 34.3. The number of hydrogen-bond donors (Lipinski definition) is 3. The molecule has 0 aromatic heterocycles. The number of ether oxygens (including phenoxy) is 4. The van der Waals surface area contributed by atoms with E-state index in [9.17, 15) is 24.9 Å². The van der Waals surface area contributed by atoms with E-state index in [0.717, 1.165) is 5.56 Å². The zero-order valence-electron chi connectivity index (χ0n) is 28.7. The number of carbonyl (C=O) groups is 2. The van der Waals surface area contributed by atoms with Gasteiger partial charge in [-0.3, -0.25) is 14.5 Å². The highest BCUT2D eigenvalue weighted by Gasteiger charge is 2.57. The molecule has 0 saturated carbocycles. The first kappa shape index (κ1) is 37.2. The number of carbonyl (C=O) groups excluding carboxylic acids is 2. The fourth-order valence-corrected chi connectivity index (χ4v) is 8.10. The van der Waals surface area contributed by atoms with Crippen LogP contribution in [0.4, 0.5) is 0 Å². The second kappa shape index (κ2) is 14.5. The Bertz CT molecular complexity index is 1210. The number of ketones is 1. The number of aliphatic hydroxyl groups excluding tert-OH is 2. The molecule has 3 aliphatic rings. The summed E-state index contributed by atoms with van der Waals surface area (Å²) in [5.74, 6) is -3.79. The highest BCUT2D eigenvalue weighted by Crippen LogP contribution is 2.47. The van der Waals surface area contributed by atoms with Crippen LogP contribution in [0.3, 0.4) is 0 Å². The van der Waals surface area contributed by atoms with Crippen molar-refractivity contribution in [2.45, 2.75) is 141 Å². The van der Waals surface area contributed by atoms with Crippen LogP contribution in [0.25, 0.3) is 0 Å². The largest absolute Gasteiger partial charge is 0.458 e. The van der Waals surface area contributed by atoms with Gasteiger partial charge in [0.05, 0.1) is 30.0 Å². The highest BCUT2D eigenvalue weighted by molar-refractivity contribution is 6.30. The van der Waals surface area contributed by atoms with Crippen molar-refractivity contribution in [3.8, 4) is 0 Å². The Balaban J connectivity index is 1.65. The number of rotatable bonds is 8. The quantitative estimate of drug-likeness (QED) is 0.274. The summed E-state index contributed by atoms with van der Waals surface area (Å²) in [4.78, 5) is 29.5. The van der Waals surface area contributed by atoms with Gasteiger partial charge in [-0.1, -0.05) is 51.4 Å². The first-order chi connectivity index (χ1) is 21.4. The molecule has 46 heavy (non-hydrogen) atoms. The number of halogens is 1. The van der Waals surface area contributed by atoms with Crippen molar-refractivity contribution in [2.75, 3.05) is 7.05 Å². The monoisotopic (exact) mass is 667 g/mol. The molecule has 0 aliphatic carbocycles. The van der Waals surface area contributed by atoms with E-state index in [1.54, 1.807) is 13.8 Å². The predicted molar refractivity (Wildman–Crippen MR) is 173 cm³/mol. The third-order valence-electron chi connectivity index (χ3n) is 10.7. The molecule has 1 aromatic carbocycles. The molecule has 0 spiro atoms. The van der Waals surface area contributed by atoms with Gasteiger partial charge in [0.15, 0.2) is 12.1 Å². The van der Waals surface area contributed by atoms with Gasteiger partial charge in [-0.2, -0.15) is 0 Å². The summed E-state index contributed by atoms with van der Waals surface area (Å²) in [6, 6.07) is 7.28. The third kappa shape index (κ3) is 7.49. The molecule has 3 heterocycles. The summed E-state index contributed by atoms with van der Waals surface area (Å²) >= 11 is 6.07. The molecule has 4 rings (SSSR count). The summed E-state index contributed by atoms with van der Waals surface area (Å²) in [6.45, 7) is 14.6. The number of hydrogen-bond acceptors (Lipinski definition) is 10. The lowest BCUT2D eigenvalue weighted by Gasteiger charge is -2.46. The molecule has 0 radical (unpaired) electrons. The minimum Gasteiger partial charge on any atom is -0.458 e. The lowest BCUT2D eigenvalue weighted by molar-refractivity contribution is -0.296. The fraction of sp³-hybridized carbons (Fsp3) is 0.771. The van der Waals surface area contributed by atoms with Crippen molar-refractivity contribution in [3.63, 3.8) is 0 Å². The minimum absolute atomic E-state index is 0.0737. The molecule has 3 fully saturated rings. The molecule has 3 saturated heterocycles. The third-order valence-corrected chi connectivity index (χ3v) is 10.9. The van der Waals surface area contributed by atoms with Crippen molar-refractivity contribution >= 4 is 23.4 Å². The van der Waals surface area contributed by atoms with Crippen LogP contribution in [0, 0.1) is 23.7 Å². The van der Waals surface area contributed by atoms with Crippen molar-refractivity contribution in [2.24, 2.45) is 23.7 Å². The van der Waals surface area contributed by atoms with E-state index in [1.165, 1.54) is 13.8 Å². The van der Waals surface area contributed by atoms with Crippen LogP contribution in [0.5, 0.6) is 0 Å². The van der Waals surface area contributed by atoms with Gasteiger partial charge in [0.1, 0.15) is 23.7 Å². The molecular weight excluding hydrogens is 614 g/mol.